The van der Waals surface area contributed by atoms with Crippen molar-refractivity contribution in [3.63, 3.8) is 0 Å². The number of hydrogen-bond donors (Lipinski definition) is 1. The van der Waals surface area contributed by atoms with Crippen LogP contribution in [0.2, 0.25) is 0 Å². The molecule has 0 aliphatic carbocycles. The topological polar surface area (TPSA) is 36.8 Å². The Balaban J connectivity index is 3.24. The summed E-state index contributed by atoms with van der Waals surface area (Å²) >= 11 is 0. The van der Waals surface area contributed by atoms with Gasteiger partial charge in [-0.3, -0.25) is 0 Å². The number of anilines is 1. The van der Waals surface area contributed by atoms with Gasteiger partial charge in [0.15, 0.2) is 0 Å². The summed E-state index contributed by atoms with van der Waals surface area (Å²) in [4.78, 5) is 0. The number of azo groups is 1. The number of hydrogen-bond acceptors (Lipinski definition) is 3. The van der Waals surface area contributed by atoms with Gasteiger partial charge in [0.05, 0.1) is 5.69 Å². The molecule has 0 bridgehead atoms. The average Bonchev–Trinajstić information content (AvgIpc) is 2.11. The third-order valence-corrected chi connectivity index (χ3v) is 1.75. The summed E-state index contributed by atoms with van der Waals surface area (Å²) < 4.78 is 13.1. The third-order valence-electron chi connectivity index (χ3n) is 1.75. The zero-order valence-corrected chi connectivity index (χ0v) is 7.93. The van der Waals surface area contributed by atoms with Crippen LogP contribution in [0.15, 0.2) is 22.4 Å². The lowest BCUT2D eigenvalue weighted by molar-refractivity contribution is 0.619. The van der Waals surface area contributed by atoms with Crippen LogP contribution in [0.25, 0.3) is 0 Å². The van der Waals surface area contributed by atoms with Crippen molar-refractivity contribution in [2.45, 2.75) is 6.92 Å². The molecule has 1 aromatic rings. The van der Waals surface area contributed by atoms with E-state index in [9.17, 15) is 4.39 Å². The van der Waals surface area contributed by atoms with Crippen LogP contribution in [0, 0.1) is 12.7 Å². The highest BCUT2D eigenvalue weighted by atomic mass is 19.1. The summed E-state index contributed by atoms with van der Waals surface area (Å²) in [7, 11) is 3.30. The lowest BCUT2D eigenvalue weighted by Crippen LogP contribution is -1.91. The highest BCUT2D eigenvalue weighted by Crippen LogP contribution is 2.27. The van der Waals surface area contributed by atoms with Crippen LogP contribution in [0.1, 0.15) is 5.56 Å². The second-order valence-corrected chi connectivity index (χ2v) is 2.67. The highest BCUT2D eigenvalue weighted by Gasteiger charge is 2.04. The van der Waals surface area contributed by atoms with Crippen molar-refractivity contribution in [3.8, 4) is 0 Å². The average molecular weight is 181 g/mol. The maximum absolute atomic E-state index is 13.1. The maximum atomic E-state index is 13.1. The molecule has 1 N–H and O–H groups in total. The fraction of sp³-hybridized carbons (Fsp3) is 0.333. The molecule has 0 atom stereocenters. The molecule has 0 unspecified atom stereocenters. The number of nitrogens with zero attached hydrogens (tertiary/aromatic N) is 2. The van der Waals surface area contributed by atoms with E-state index >= 15 is 0 Å². The molecule has 0 saturated carbocycles. The van der Waals surface area contributed by atoms with Gasteiger partial charge >= 0.3 is 0 Å². The van der Waals surface area contributed by atoms with Crippen LogP contribution < -0.4 is 5.32 Å². The molecule has 4 heteroatoms. The second-order valence-electron chi connectivity index (χ2n) is 2.67. The minimum atomic E-state index is -0.237. The molecule has 1 rings (SSSR count). The molecular weight excluding hydrogens is 169 g/mol. The Labute approximate surface area is 76.7 Å². The molecule has 13 heavy (non-hydrogen) atoms. The molecule has 0 saturated heterocycles. The Morgan fingerprint density at radius 3 is 2.62 bits per heavy atom. The lowest BCUT2D eigenvalue weighted by atomic mass is 10.2. The van der Waals surface area contributed by atoms with Crippen molar-refractivity contribution < 1.29 is 4.39 Å². The molecule has 0 radical (unpaired) electrons. The number of benzene rings is 1. The smallest absolute Gasteiger partial charge is 0.128 e. The first kappa shape index (κ1) is 9.64. The Morgan fingerprint density at radius 2 is 2.08 bits per heavy atom. The fourth-order valence-electron chi connectivity index (χ4n) is 1.06. The van der Waals surface area contributed by atoms with E-state index in [1.54, 1.807) is 27.1 Å². The predicted molar refractivity (Wildman–Crippen MR) is 51.1 cm³/mol. The largest absolute Gasteiger partial charge is 0.386 e. The summed E-state index contributed by atoms with van der Waals surface area (Å²) in [6.45, 7) is 1.70. The monoisotopic (exact) mass is 181 g/mol. The summed E-state index contributed by atoms with van der Waals surface area (Å²) in [5, 5.41) is 10.4. The van der Waals surface area contributed by atoms with E-state index in [1.807, 2.05) is 0 Å². The first-order valence-corrected chi connectivity index (χ1v) is 3.96. The minimum absolute atomic E-state index is 0.237. The zero-order chi connectivity index (χ0) is 9.84. The summed E-state index contributed by atoms with van der Waals surface area (Å²) in [6.07, 6.45) is 0. The van der Waals surface area contributed by atoms with E-state index in [2.05, 4.69) is 15.5 Å². The van der Waals surface area contributed by atoms with Gasteiger partial charge in [-0.25, -0.2) is 4.39 Å². The first-order valence-electron chi connectivity index (χ1n) is 3.96. The van der Waals surface area contributed by atoms with Crippen molar-refractivity contribution in [1.82, 2.24) is 0 Å². The van der Waals surface area contributed by atoms with Gasteiger partial charge in [-0.2, -0.15) is 10.2 Å². The fourth-order valence-corrected chi connectivity index (χ4v) is 1.06. The minimum Gasteiger partial charge on any atom is -0.386 e. The molecule has 0 heterocycles. The molecule has 0 aromatic heterocycles. The SMILES string of the molecule is CN=Nc1cc(C)c(F)cc1NC. The van der Waals surface area contributed by atoms with Gasteiger partial charge in [0.25, 0.3) is 0 Å². The molecule has 0 aliphatic rings. The highest BCUT2D eigenvalue weighted by molar-refractivity contribution is 5.66. The van der Waals surface area contributed by atoms with Crippen molar-refractivity contribution in [2.24, 2.45) is 10.2 Å². The van der Waals surface area contributed by atoms with Gasteiger partial charge < -0.3 is 5.32 Å². The van der Waals surface area contributed by atoms with Gasteiger partial charge in [0, 0.05) is 14.1 Å². The van der Waals surface area contributed by atoms with Crippen LogP contribution in [0.4, 0.5) is 15.8 Å². The van der Waals surface area contributed by atoms with Crippen molar-refractivity contribution in [1.29, 1.82) is 0 Å². The number of halogens is 1. The summed E-state index contributed by atoms with van der Waals surface area (Å²) in [5.74, 6) is -0.237. The maximum Gasteiger partial charge on any atom is 0.128 e. The van der Waals surface area contributed by atoms with Crippen molar-refractivity contribution in [2.75, 3.05) is 19.4 Å². The molecule has 0 aliphatic heterocycles. The Kier molecular flexibility index (Phi) is 2.95. The molecule has 3 nitrogen and oxygen atoms in total. The van der Waals surface area contributed by atoms with Gasteiger partial charge in [-0.15, -0.1) is 0 Å². The number of nitrogens with one attached hydrogen (secondary N) is 1. The van der Waals surface area contributed by atoms with E-state index < -0.39 is 0 Å². The van der Waals surface area contributed by atoms with Crippen molar-refractivity contribution in [3.05, 3.63) is 23.5 Å². The summed E-state index contributed by atoms with van der Waals surface area (Å²) in [6, 6.07) is 3.08. The molecular formula is C9H12FN3. The Hall–Kier alpha value is -1.45. The standard InChI is InChI=1S/C9H12FN3/c1-6-4-9(13-12-3)8(11-2)5-7(6)10/h4-5,11H,1-3H3. The van der Waals surface area contributed by atoms with E-state index in [-0.39, 0.29) is 5.82 Å². The normalized spacial score (nSPS) is 10.8. The van der Waals surface area contributed by atoms with Gasteiger partial charge in [0.1, 0.15) is 11.5 Å². The van der Waals surface area contributed by atoms with Crippen LogP contribution >= 0.6 is 0 Å². The molecule has 0 fully saturated rings. The van der Waals surface area contributed by atoms with Crippen LogP contribution in [0.3, 0.4) is 0 Å². The quantitative estimate of drug-likeness (QED) is 0.700. The van der Waals surface area contributed by atoms with E-state index in [1.165, 1.54) is 6.07 Å². The van der Waals surface area contributed by atoms with Gasteiger partial charge in [-0.1, -0.05) is 0 Å². The summed E-state index contributed by atoms with van der Waals surface area (Å²) in [5.41, 5.74) is 1.87. The van der Waals surface area contributed by atoms with Crippen molar-refractivity contribution >= 4 is 11.4 Å². The first-order chi connectivity index (χ1) is 6.19. The van der Waals surface area contributed by atoms with E-state index in [4.69, 9.17) is 0 Å². The molecule has 0 amide bonds. The van der Waals surface area contributed by atoms with Gasteiger partial charge in [-0.05, 0) is 24.6 Å². The van der Waals surface area contributed by atoms with Gasteiger partial charge in [0.2, 0.25) is 0 Å². The van der Waals surface area contributed by atoms with Crippen LogP contribution in [-0.2, 0) is 0 Å². The molecule has 0 spiro atoms. The Morgan fingerprint density at radius 1 is 1.38 bits per heavy atom. The van der Waals surface area contributed by atoms with E-state index in [0.29, 0.717) is 16.9 Å². The lowest BCUT2D eigenvalue weighted by Gasteiger charge is -2.05. The van der Waals surface area contributed by atoms with Crippen LogP contribution in [-0.4, -0.2) is 14.1 Å². The number of rotatable bonds is 2. The number of aryl methyl sites for hydroxylation is 1. The zero-order valence-electron chi connectivity index (χ0n) is 7.93. The second kappa shape index (κ2) is 3.98. The molecule has 1 aromatic carbocycles. The van der Waals surface area contributed by atoms with Crippen LogP contribution in [0.5, 0.6) is 0 Å². The predicted octanol–water partition coefficient (Wildman–Crippen LogP) is 2.89. The van der Waals surface area contributed by atoms with E-state index in [0.717, 1.165) is 0 Å². The third kappa shape index (κ3) is 2.02. The Bertz CT molecular complexity index is 334. The molecule has 70 valence electrons.